The van der Waals surface area contributed by atoms with Gasteiger partial charge >= 0.3 is 0 Å². The van der Waals surface area contributed by atoms with Crippen LogP contribution in [0.3, 0.4) is 0 Å². The quantitative estimate of drug-likeness (QED) is 0.936. The number of nitrogens with zero attached hydrogens (tertiary/aromatic N) is 2. The van der Waals surface area contributed by atoms with Crippen LogP contribution in [0.5, 0.6) is 0 Å². The lowest BCUT2D eigenvalue weighted by molar-refractivity contribution is 1.06. The van der Waals surface area contributed by atoms with Crippen LogP contribution in [0, 0.1) is 0 Å². The minimum absolute atomic E-state index is 0.740. The molecule has 2 aromatic heterocycles. The molecular formula is C7H6BrN3S2. The average Bonchev–Trinajstić information content (AvgIpc) is 2.71. The third-order valence-corrected chi connectivity index (χ3v) is 3.52. The number of thiazole rings is 2. The zero-order valence-corrected chi connectivity index (χ0v) is 9.75. The molecule has 2 heterocycles. The molecule has 0 atom stereocenters. The number of rotatable bonds is 3. The third kappa shape index (κ3) is 2.49. The van der Waals surface area contributed by atoms with Gasteiger partial charge in [0.05, 0.1) is 17.7 Å². The van der Waals surface area contributed by atoms with Crippen molar-refractivity contribution in [2.45, 2.75) is 6.54 Å². The van der Waals surface area contributed by atoms with Gasteiger partial charge in [-0.05, 0) is 15.9 Å². The minimum Gasteiger partial charge on any atom is -0.356 e. The van der Waals surface area contributed by atoms with Crippen molar-refractivity contribution in [3.8, 4) is 0 Å². The van der Waals surface area contributed by atoms with Crippen molar-refractivity contribution in [1.82, 2.24) is 9.97 Å². The van der Waals surface area contributed by atoms with Crippen LogP contribution in [0.1, 0.15) is 5.69 Å². The van der Waals surface area contributed by atoms with E-state index in [0.29, 0.717) is 0 Å². The van der Waals surface area contributed by atoms with E-state index in [2.05, 4.69) is 31.2 Å². The number of halogens is 1. The molecule has 0 aromatic carbocycles. The summed E-state index contributed by atoms with van der Waals surface area (Å²) in [4.78, 5) is 8.37. The Morgan fingerprint density at radius 2 is 2.38 bits per heavy atom. The van der Waals surface area contributed by atoms with Crippen LogP contribution in [0.2, 0.25) is 0 Å². The molecule has 68 valence electrons. The van der Waals surface area contributed by atoms with Gasteiger partial charge in [-0.1, -0.05) is 0 Å². The lowest BCUT2D eigenvalue weighted by Crippen LogP contribution is -1.98. The largest absolute Gasteiger partial charge is 0.356 e. The molecule has 13 heavy (non-hydrogen) atoms. The van der Waals surface area contributed by atoms with E-state index in [-0.39, 0.29) is 0 Å². The van der Waals surface area contributed by atoms with Crippen LogP contribution in [0.25, 0.3) is 0 Å². The maximum Gasteiger partial charge on any atom is 0.184 e. The SMILES string of the molecule is Brc1csc(NCc2cscn2)n1. The summed E-state index contributed by atoms with van der Waals surface area (Å²) in [7, 11) is 0. The summed E-state index contributed by atoms with van der Waals surface area (Å²) >= 11 is 6.48. The molecule has 0 saturated carbocycles. The standard InChI is InChI=1S/C7H6BrN3S2/c8-6-3-13-7(11-6)9-1-5-2-12-4-10-5/h2-4H,1H2,(H,9,11). The first-order valence-corrected chi connectivity index (χ1v) is 6.18. The van der Waals surface area contributed by atoms with E-state index >= 15 is 0 Å². The van der Waals surface area contributed by atoms with Gasteiger partial charge in [0.1, 0.15) is 4.60 Å². The second kappa shape index (κ2) is 4.17. The second-order valence-electron chi connectivity index (χ2n) is 2.31. The smallest absolute Gasteiger partial charge is 0.184 e. The van der Waals surface area contributed by atoms with Crippen LogP contribution >= 0.6 is 38.6 Å². The number of hydrogen-bond donors (Lipinski definition) is 1. The molecule has 0 amide bonds. The zero-order valence-electron chi connectivity index (χ0n) is 6.53. The summed E-state index contributed by atoms with van der Waals surface area (Å²) in [5.41, 5.74) is 2.88. The van der Waals surface area contributed by atoms with Crippen molar-refractivity contribution in [1.29, 1.82) is 0 Å². The fourth-order valence-corrected chi connectivity index (χ4v) is 2.53. The van der Waals surface area contributed by atoms with Crippen molar-refractivity contribution in [3.05, 3.63) is 26.6 Å². The van der Waals surface area contributed by atoms with Crippen molar-refractivity contribution in [2.24, 2.45) is 0 Å². The molecule has 0 aliphatic heterocycles. The summed E-state index contributed by atoms with van der Waals surface area (Å²) in [5, 5.41) is 8.08. The summed E-state index contributed by atoms with van der Waals surface area (Å²) in [5.74, 6) is 0. The molecule has 0 radical (unpaired) electrons. The normalized spacial score (nSPS) is 10.2. The van der Waals surface area contributed by atoms with Crippen molar-refractivity contribution in [3.63, 3.8) is 0 Å². The summed E-state index contributed by atoms with van der Waals surface area (Å²) in [6.45, 7) is 0.740. The van der Waals surface area contributed by atoms with Gasteiger partial charge in [-0.15, -0.1) is 22.7 Å². The van der Waals surface area contributed by atoms with E-state index < -0.39 is 0 Å². The predicted octanol–water partition coefficient (Wildman–Crippen LogP) is 2.97. The van der Waals surface area contributed by atoms with Crippen molar-refractivity contribution >= 4 is 43.7 Å². The van der Waals surface area contributed by atoms with Crippen LogP contribution in [-0.4, -0.2) is 9.97 Å². The zero-order chi connectivity index (χ0) is 9.10. The molecule has 0 spiro atoms. The molecule has 0 aliphatic carbocycles. The molecule has 0 saturated heterocycles. The van der Waals surface area contributed by atoms with Crippen LogP contribution in [0.4, 0.5) is 5.13 Å². The van der Waals surface area contributed by atoms with Crippen molar-refractivity contribution in [2.75, 3.05) is 5.32 Å². The van der Waals surface area contributed by atoms with E-state index in [0.717, 1.165) is 22.0 Å². The van der Waals surface area contributed by atoms with E-state index in [9.17, 15) is 0 Å². The molecule has 3 nitrogen and oxygen atoms in total. The number of hydrogen-bond acceptors (Lipinski definition) is 5. The molecule has 0 fully saturated rings. The molecular weight excluding hydrogens is 270 g/mol. The first-order valence-electron chi connectivity index (χ1n) is 3.56. The van der Waals surface area contributed by atoms with Gasteiger partial charge in [-0.25, -0.2) is 9.97 Å². The Morgan fingerprint density at radius 3 is 3.00 bits per heavy atom. The van der Waals surface area contributed by atoms with Gasteiger partial charge in [-0.2, -0.15) is 0 Å². The van der Waals surface area contributed by atoms with Gasteiger partial charge in [-0.3, -0.25) is 0 Å². The fraction of sp³-hybridized carbons (Fsp3) is 0.143. The predicted molar refractivity (Wildman–Crippen MR) is 59.3 cm³/mol. The summed E-state index contributed by atoms with van der Waals surface area (Å²) in [6, 6.07) is 0. The first-order chi connectivity index (χ1) is 6.34. The number of nitrogens with one attached hydrogen (secondary N) is 1. The maximum atomic E-state index is 4.21. The Morgan fingerprint density at radius 1 is 1.46 bits per heavy atom. The highest BCUT2D eigenvalue weighted by Gasteiger charge is 1.99. The lowest BCUT2D eigenvalue weighted by Gasteiger charge is -1.97. The van der Waals surface area contributed by atoms with Crippen LogP contribution in [0.15, 0.2) is 20.9 Å². The van der Waals surface area contributed by atoms with Gasteiger partial charge in [0.15, 0.2) is 5.13 Å². The molecule has 0 unspecified atom stereocenters. The van der Waals surface area contributed by atoms with E-state index in [4.69, 9.17) is 0 Å². The van der Waals surface area contributed by atoms with Gasteiger partial charge in [0, 0.05) is 10.8 Å². The monoisotopic (exact) mass is 275 g/mol. The van der Waals surface area contributed by atoms with Gasteiger partial charge in [0.25, 0.3) is 0 Å². The average molecular weight is 276 g/mol. The van der Waals surface area contributed by atoms with Gasteiger partial charge < -0.3 is 5.32 Å². The highest BCUT2D eigenvalue weighted by atomic mass is 79.9. The fourth-order valence-electron chi connectivity index (χ4n) is 0.826. The Kier molecular flexibility index (Phi) is 2.92. The summed E-state index contributed by atoms with van der Waals surface area (Å²) in [6.07, 6.45) is 0. The molecule has 0 aliphatic rings. The molecule has 6 heteroatoms. The first kappa shape index (κ1) is 9.11. The minimum atomic E-state index is 0.740. The maximum absolute atomic E-state index is 4.21. The Bertz CT molecular complexity index is 371. The molecule has 2 rings (SSSR count). The van der Waals surface area contributed by atoms with E-state index in [1.807, 2.05) is 16.3 Å². The highest BCUT2D eigenvalue weighted by molar-refractivity contribution is 9.10. The molecule has 0 bridgehead atoms. The Hall–Kier alpha value is -0.460. The Labute approximate surface area is 92.0 Å². The lowest BCUT2D eigenvalue weighted by atomic mass is 10.5. The topological polar surface area (TPSA) is 37.8 Å². The van der Waals surface area contributed by atoms with E-state index in [1.165, 1.54) is 0 Å². The van der Waals surface area contributed by atoms with Crippen LogP contribution in [-0.2, 0) is 6.54 Å². The van der Waals surface area contributed by atoms with E-state index in [1.54, 1.807) is 22.7 Å². The number of aromatic nitrogens is 2. The van der Waals surface area contributed by atoms with Gasteiger partial charge in [0.2, 0.25) is 0 Å². The van der Waals surface area contributed by atoms with Crippen molar-refractivity contribution < 1.29 is 0 Å². The highest BCUT2D eigenvalue weighted by Crippen LogP contribution is 2.19. The van der Waals surface area contributed by atoms with Crippen LogP contribution < -0.4 is 5.32 Å². The second-order valence-corrected chi connectivity index (χ2v) is 4.70. The number of anilines is 1. The Balaban J connectivity index is 1.93. The third-order valence-electron chi connectivity index (χ3n) is 1.38. The molecule has 2 aromatic rings. The summed E-state index contributed by atoms with van der Waals surface area (Å²) < 4.78 is 0.873. The molecule has 1 N–H and O–H groups in total.